The van der Waals surface area contributed by atoms with Gasteiger partial charge in [0.15, 0.2) is 5.78 Å². The number of ether oxygens (including phenoxy) is 2. The molecule has 1 heterocycles. The molecule has 1 aliphatic rings. The Kier molecular flexibility index (Phi) is 10.5. The molecule has 1 fully saturated rings. The molecule has 0 bridgehead atoms. The molecule has 3 N–H and O–H groups in total. The Balaban J connectivity index is 2.65. The first kappa shape index (κ1) is 27.2. The fraction of sp³-hybridized carbons (Fsp3) is 0.667. The number of carbonyl (C=O) groups excluding carboxylic acids is 4. The molecule has 0 aromatic carbocycles. The molecule has 1 saturated heterocycles. The Morgan fingerprint density at radius 1 is 1.16 bits per heavy atom. The van der Waals surface area contributed by atoms with Gasteiger partial charge in [-0.05, 0) is 33.1 Å². The third-order valence-corrected chi connectivity index (χ3v) is 4.50. The van der Waals surface area contributed by atoms with Gasteiger partial charge in [0.1, 0.15) is 23.1 Å². The molecule has 2 unspecified atom stereocenters. The lowest BCUT2D eigenvalue weighted by Crippen LogP contribution is -2.54. The lowest BCUT2D eigenvalue weighted by molar-refractivity contribution is -0.132. The highest BCUT2D eigenvalue weighted by Crippen LogP contribution is 2.29. The third kappa shape index (κ3) is 9.15. The molecule has 0 radical (unpaired) electrons. The molecule has 1 rings (SSSR count). The van der Waals surface area contributed by atoms with Gasteiger partial charge in [0.2, 0.25) is 11.8 Å². The second kappa shape index (κ2) is 12.3. The summed E-state index contributed by atoms with van der Waals surface area (Å²) in [6.07, 6.45) is 0.449. The van der Waals surface area contributed by atoms with Gasteiger partial charge in [-0.25, -0.2) is 0 Å². The van der Waals surface area contributed by atoms with Crippen LogP contribution < -0.4 is 16.0 Å². The van der Waals surface area contributed by atoms with Crippen molar-refractivity contribution in [3.8, 4) is 0 Å². The number of carbonyl (C=O) groups is 4. The van der Waals surface area contributed by atoms with Crippen LogP contribution in [-0.4, -0.2) is 73.8 Å². The van der Waals surface area contributed by atoms with Gasteiger partial charge in [0, 0.05) is 7.11 Å². The number of amides is 3. The zero-order chi connectivity index (χ0) is 24.5. The Morgan fingerprint density at radius 2 is 1.78 bits per heavy atom. The molecule has 11 heteroatoms. The molecule has 0 saturated carbocycles. The Hall–Kier alpha value is -2.79. The van der Waals surface area contributed by atoms with Gasteiger partial charge in [0.05, 0.1) is 25.8 Å². The van der Waals surface area contributed by atoms with Gasteiger partial charge < -0.3 is 30.3 Å². The number of methoxy groups -OCH3 is 1. The van der Waals surface area contributed by atoms with Crippen LogP contribution in [0.2, 0.25) is 0 Å². The molecule has 180 valence electrons. The predicted octanol–water partition coefficient (Wildman–Crippen LogP) is 0.0488. The van der Waals surface area contributed by atoms with Crippen LogP contribution in [0.1, 0.15) is 41.0 Å². The number of ketones is 1. The van der Waals surface area contributed by atoms with E-state index < -0.39 is 35.4 Å². The second-order valence-electron chi connectivity index (χ2n) is 8.30. The van der Waals surface area contributed by atoms with Crippen LogP contribution in [0.5, 0.6) is 0 Å². The topological polar surface area (TPSA) is 148 Å². The summed E-state index contributed by atoms with van der Waals surface area (Å²) in [4.78, 5) is 54.5. The average Bonchev–Trinajstić information content (AvgIpc) is 3.46. The minimum atomic E-state index is -1.07. The first-order chi connectivity index (χ1) is 14.9. The maximum Gasteiger partial charge on any atom is 0.269 e. The molecule has 0 aromatic heterocycles. The van der Waals surface area contributed by atoms with Crippen molar-refractivity contribution in [3.63, 3.8) is 0 Å². The van der Waals surface area contributed by atoms with Crippen LogP contribution in [0.25, 0.3) is 0 Å². The van der Waals surface area contributed by atoms with Crippen molar-refractivity contribution in [2.75, 3.05) is 26.9 Å². The molecule has 1 aliphatic heterocycles. The van der Waals surface area contributed by atoms with E-state index in [4.69, 9.17) is 14.3 Å². The zero-order valence-corrected chi connectivity index (χ0v) is 19.6. The summed E-state index contributed by atoms with van der Waals surface area (Å²) < 4.78 is 10.2. The van der Waals surface area contributed by atoms with E-state index in [1.165, 1.54) is 14.0 Å². The number of oxime groups is 1. The van der Waals surface area contributed by atoms with Crippen molar-refractivity contribution in [2.45, 2.75) is 58.7 Å². The van der Waals surface area contributed by atoms with E-state index in [1.807, 2.05) is 13.8 Å². The molecule has 3 atom stereocenters. The fourth-order valence-electron chi connectivity index (χ4n) is 2.66. The number of allylic oxidation sites excluding steroid dienone is 1. The van der Waals surface area contributed by atoms with Crippen molar-refractivity contribution in [1.29, 1.82) is 0 Å². The van der Waals surface area contributed by atoms with E-state index in [0.717, 1.165) is 0 Å². The average molecular weight is 455 g/mol. The first-order valence-corrected chi connectivity index (χ1v) is 10.3. The molecule has 0 aromatic rings. The van der Waals surface area contributed by atoms with Crippen molar-refractivity contribution >= 4 is 29.2 Å². The molecular formula is C21H34N4O7. The quantitative estimate of drug-likeness (QED) is 0.145. The fourth-order valence-corrected chi connectivity index (χ4v) is 2.66. The van der Waals surface area contributed by atoms with Crippen LogP contribution in [0, 0.1) is 5.92 Å². The van der Waals surface area contributed by atoms with E-state index in [2.05, 4.69) is 27.7 Å². The van der Waals surface area contributed by atoms with Gasteiger partial charge >= 0.3 is 0 Å². The van der Waals surface area contributed by atoms with Crippen LogP contribution in [0.3, 0.4) is 0 Å². The predicted molar refractivity (Wildman–Crippen MR) is 117 cm³/mol. The van der Waals surface area contributed by atoms with Gasteiger partial charge in [-0.3, -0.25) is 19.2 Å². The Bertz CT molecular complexity index is 759. The summed E-state index contributed by atoms with van der Waals surface area (Å²) in [5.41, 5.74) is -0.887. The first-order valence-electron chi connectivity index (χ1n) is 10.3. The maximum atomic E-state index is 12.6. The minimum Gasteiger partial charge on any atom is -0.382 e. The number of nitrogens with one attached hydrogen (secondary N) is 3. The molecule has 0 aliphatic carbocycles. The van der Waals surface area contributed by atoms with E-state index in [9.17, 15) is 19.2 Å². The lowest BCUT2D eigenvalue weighted by atomic mass is 9.93. The second-order valence-corrected chi connectivity index (χ2v) is 8.30. The van der Waals surface area contributed by atoms with E-state index >= 15 is 0 Å². The van der Waals surface area contributed by atoms with Crippen LogP contribution in [0.4, 0.5) is 0 Å². The lowest BCUT2D eigenvalue weighted by Gasteiger charge is -2.22. The summed E-state index contributed by atoms with van der Waals surface area (Å²) in [6.45, 7) is 11.9. The van der Waals surface area contributed by atoms with Gasteiger partial charge in [-0.2, -0.15) is 0 Å². The summed E-state index contributed by atoms with van der Waals surface area (Å²) in [7, 11) is 1.37. The number of hydrogen-bond acceptors (Lipinski definition) is 8. The van der Waals surface area contributed by atoms with E-state index in [1.54, 1.807) is 13.8 Å². The molecule has 3 amide bonds. The number of hydrogen-bond donors (Lipinski definition) is 3. The van der Waals surface area contributed by atoms with Gasteiger partial charge in [-0.1, -0.05) is 25.6 Å². The smallest absolute Gasteiger partial charge is 0.269 e. The largest absolute Gasteiger partial charge is 0.382 e. The van der Waals surface area contributed by atoms with Gasteiger partial charge in [-0.15, -0.1) is 0 Å². The Morgan fingerprint density at radius 3 is 2.28 bits per heavy atom. The van der Waals surface area contributed by atoms with Crippen LogP contribution >= 0.6 is 0 Å². The summed E-state index contributed by atoms with van der Waals surface area (Å²) in [5.74, 6) is -1.53. The highest BCUT2D eigenvalue weighted by atomic mass is 16.6. The zero-order valence-electron chi connectivity index (χ0n) is 19.6. The number of Topliss-reactive ketones (excluding diaryl/α,β-unsaturated/α-hetero) is 1. The maximum absolute atomic E-state index is 12.6. The highest BCUT2D eigenvalue weighted by molar-refractivity contribution is 6.38. The minimum absolute atomic E-state index is 0.0227. The van der Waals surface area contributed by atoms with Crippen molar-refractivity contribution in [2.24, 2.45) is 11.1 Å². The van der Waals surface area contributed by atoms with Crippen molar-refractivity contribution in [1.82, 2.24) is 16.0 Å². The van der Waals surface area contributed by atoms with Crippen molar-refractivity contribution < 1.29 is 33.5 Å². The number of rotatable bonds is 14. The summed E-state index contributed by atoms with van der Waals surface area (Å²) in [6, 6.07) is -1.78. The van der Waals surface area contributed by atoms with E-state index in [0.29, 0.717) is 18.8 Å². The van der Waals surface area contributed by atoms with Gasteiger partial charge in [0.25, 0.3) is 5.91 Å². The number of nitrogens with zero attached hydrogens (tertiary/aromatic N) is 1. The highest BCUT2D eigenvalue weighted by Gasteiger charge is 2.50. The normalized spacial score (nSPS) is 19.5. The molecular weight excluding hydrogens is 420 g/mol. The standard InChI is InChI=1S/C21H34N4O7/c1-12(2)8-15(18(27)21(6)11-31-21)23-17(26)9-22-20(29)16(10-30-7)24-19(28)14(5)25-32-13(3)4/h12,15-16H,3,8-11H2,1-2,4-7H3,(H,22,29)(H,23,26)(H,24,28)/b25-14+/t15?,16-,21?/m0/s1. The SMILES string of the molecule is C=C(C)O/N=C(\C)C(=O)N[C@@H](COC)C(=O)NCC(=O)NC(CC(C)C)C(=O)C1(C)CO1. The summed E-state index contributed by atoms with van der Waals surface area (Å²) in [5, 5.41) is 11.2. The number of epoxide rings is 1. The van der Waals surface area contributed by atoms with E-state index in [-0.39, 0.29) is 30.6 Å². The summed E-state index contributed by atoms with van der Waals surface area (Å²) >= 11 is 0. The van der Waals surface area contributed by atoms with Crippen LogP contribution in [0.15, 0.2) is 17.5 Å². The Labute approximate surface area is 188 Å². The molecule has 0 spiro atoms. The monoisotopic (exact) mass is 454 g/mol. The van der Waals surface area contributed by atoms with Crippen LogP contribution in [-0.2, 0) is 33.5 Å². The van der Waals surface area contributed by atoms with Crippen molar-refractivity contribution in [3.05, 3.63) is 12.3 Å². The molecule has 32 heavy (non-hydrogen) atoms. The third-order valence-electron chi connectivity index (χ3n) is 4.50. The molecule has 11 nitrogen and oxygen atoms in total.